The van der Waals surface area contributed by atoms with Crippen LogP contribution in [0, 0.1) is 23.7 Å². The number of rotatable bonds is 10. The Morgan fingerprint density at radius 1 is 0.829 bits per heavy atom. The summed E-state index contributed by atoms with van der Waals surface area (Å²) in [7, 11) is 0. The van der Waals surface area contributed by atoms with Crippen LogP contribution in [-0.4, -0.2) is 103 Å². The van der Waals surface area contributed by atoms with Crippen LogP contribution in [0.15, 0.2) is 4.99 Å². The summed E-state index contributed by atoms with van der Waals surface area (Å²) in [5, 5.41) is 24.4. The van der Waals surface area contributed by atoms with E-state index in [0.29, 0.717) is 18.3 Å². The standard InChI is InChI=1S/C29H50N2O10/c1-10-19-14(4)13(3)15(5)28(38-19)40-25-16(6)22(31-17(7)32)29(39-20(25)11-2)41-26-21(12-36-18(8)33)37-27(35)23(30-9)24(26)34/h13-16,19-29,34-35H,9-12H2,1-8H3,(H,31,32)/t13-,14-,15?,16+,19?,20?,21?,22?,23?,24+,25-,26+,27-,28-,29-/m0/s1. The summed E-state index contributed by atoms with van der Waals surface area (Å²) in [5.74, 6) is -0.180. The zero-order valence-electron chi connectivity index (χ0n) is 25.6. The average molecular weight is 587 g/mol. The first-order chi connectivity index (χ1) is 19.3. The average Bonchev–Trinajstić information content (AvgIpc) is 2.92. The monoisotopic (exact) mass is 586 g/mol. The van der Waals surface area contributed by atoms with Gasteiger partial charge in [-0.15, -0.1) is 0 Å². The van der Waals surface area contributed by atoms with Crippen LogP contribution in [0.4, 0.5) is 0 Å². The van der Waals surface area contributed by atoms with Crippen molar-refractivity contribution in [1.82, 2.24) is 5.32 Å². The lowest BCUT2D eigenvalue weighted by Gasteiger charge is -2.50. The number of carbonyl (C=O) groups excluding carboxylic acids is 2. The van der Waals surface area contributed by atoms with E-state index in [1.54, 1.807) is 0 Å². The summed E-state index contributed by atoms with van der Waals surface area (Å²) in [4.78, 5) is 27.6. The van der Waals surface area contributed by atoms with Crippen molar-refractivity contribution < 1.29 is 48.2 Å². The molecule has 0 spiro atoms. The van der Waals surface area contributed by atoms with E-state index in [9.17, 15) is 19.8 Å². The van der Waals surface area contributed by atoms with Gasteiger partial charge in [0.25, 0.3) is 0 Å². The van der Waals surface area contributed by atoms with Crippen molar-refractivity contribution in [2.75, 3.05) is 6.61 Å². The molecule has 41 heavy (non-hydrogen) atoms. The van der Waals surface area contributed by atoms with E-state index >= 15 is 0 Å². The topological polar surface area (TPSA) is 154 Å². The van der Waals surface area contributed by atoms with Crippen LogP contribution in [0.5, 0.6) is 0 Å². The lowest BCUT2D eigenvalue weighted by Crippen LogP contribution is -2.65. The highest BCUT2D eigenvalue weighted by molar-refractivity contribution is 5.73. The summed E-state index contributed by atoms with van der Waals surface area (Å²) in [6, 6.07) is -1.77. The Morgan fingerprint density at radius 3 is 2.00 bits per heavy atom. The molecule has 0 aromatic rings. The molecule has 15 atom stereocenters. The van der Waals surface area contributed by atoms with Gasteiger partial charge in [0.05, 0.1) is 24.4 Å². The van der Waals surface area contributed by atoms with Crippen LogP contribution in [0.2, 0.25) is 0 Å². The number of hydrogen-bond donors (Lipinski definition) is 3. The first-order valence-corrected chi connectivity index (χ1v) is 14.8. The van der Waals surface area contributed by atoms with Crippen molar-refractivity contribution >= 4 is 18.6 Å². The van der Waals surface area contributed by atoms with Crippen LogP contribution < -0.4 is 5.32 Å². The number of aliphatic hydroxyl groups excluding tert-OH is 2. The van der Waals surface area contributed by atoms with Crippen molar-refractivity contribution in [2.45, 2.75) is 136 Å². The van der Waals surface area contributed by atoms with E-state index in [1.807, 2.05) is 13.8 Å². The molecule has 3 aliphatic rings. The largest absolute Gasteiger partial charge is 0.463 e. The maximum absolute atomic E-state index is 12.3. The van der Waals surface area contributed by atoms with Crippen LogP contribution in [0.3, 0.4) is 0 Å². The third-order valence-electron chi connectivity index (χ3n) is 9.11. The second-order valence-corrected chi connectivity index (χ2v) is 11.8. The third-order valence-corrected chi connectivity index (χ3v) is 9.11. The summed E-state index contributed by atoms with van der Waals surface area (Å²) < 4.78 is 36.6. The van der Waals surface area contributed by atoms with Crippen LogP contribution in [0.25, 0.3) is 0 Å². The summed E-state index contributed by atoms with van der Waals surface area (Å²) in [6.07, 6.45) is -5.72. The lowest BCUT2D eigenvalue weighted by molar-refractivity contribution is -0.341. The Hall–Kier alpha value is -1.67. The van der Waals surface area contributed by atoms with Gasteiger partial charge >= 0.3 is 5.97 Å². The number of hydrogen-bond acceptors (Lipinski definition) is 11. The Balaban J connectivity index is 1.86. The Kier molecular flexibility index (Phi) is 12.1. The van der Waals surface area contributed by atoms with Crippen LogP contribution in [-0.2, 0) is 38.0 Å². The predicted octanol–water partition coefficient (Wildman–Crippen LogP) is 1.79. The van der Waals surface area contributed by atoms with E-state index in [-0.39, 0.29) is 30.5 Å². The molecule has 12 nitrogen and oxygen atoms in total. The first kappa shape index (κ1) is 33.8. The van der Waals surface area contributed by atoms with Gasteiger partial charge in [0.15, 0.2) is 18.9 Å². The highest BCUT2D eigenvalue weighted by atomic mass is 16.7. The van der Waals surface area contributed by atoms with Gasteiger partial charge in [-0.25, -0.2) is 0 Å². The molecular weight excluding hydrogens is 536 g/mol. The molecule has 0 bridgehead atoms. The third kappa shape index (κ3) is 7.65. The number of ether oxygens (including phenoxy) is 6. The van der Waals surface area contributed by atoms with Gasteiger partial charge in [-0.05, 0) is 31.4 Å². The quantitative estimate of drug-likeness (QED) is 0.255. The minimum atomic E-state index is -1.48. The van der Waals surface area contributed by atoms with Gasteiger partial charge < -0.3 is 44.0 Å². The smallest absolute Gasteiger partial charge is 0.302 e. The number of aliphatic hydroxyl groups is 2. The van der Waals surface area contributed by atoms with Crippen LogP contribution >= 0.6 is 0 Å². The summed E-state index contributed by atoms with van der Waals surface area (Å²) in [6.45, 7) is 18.4. The Morgan fingerprint density at radius 2 is 1.44 bits per heavy atom. The fourth-order valence-corrected chi connectivity index (χ4v) is 6.26. The molecule has 3 aliphatic heterocycles. The van der Waals surface area contributed by atoms with Gasteiger partial charge in [-0.2, -0.15) is 0 Å². The van der Waals surface area contributed by atoms with E-state index in [0.717, 1.165) is 6.42 Å². The van der Waals surface area contributed by atoms with Crippen molar-refractivity contribution in [3.05, 3.63) is 0 Å². The van der Waals surface area contributed by atoms with Gasteiger partial charge in [0.1, 0.15) is 31.0 Å². The second-order valence-electron chi connectivity index (χ2n) is 11.8. The highest BCUT2D eigenvalue weighted by Crippen LogP contribution is 2.40. The SMILES string of the molecule is C=NC1[C@@H](O)[C@H](O[C@@H]2OC(CC)[C@@H](O[C@@H]3OC(CC)[C@@H](C)[C@H](C)C3C)[C@H](C)C2NC(C)=O)C(COC(C)=O)O[C@@H]1O. The molecule has 0 aliphatic carbocycles. The van der Waals surface area contributed by atoms with E-state index in [1.165, 1.54) is 13.8 Å². The van der Waals surface area contributed by atoms with Crippen molar-refractivity contribution in [3.63, 3.8) is 0 Å². The highest BCUT2D eigenvalue weighted by Gasteiger charge is 2.52. The summed E-state index contributed by atoms with van der Waals surface area (Å²) >= 11 is 0. The predicted molar refractivity (Wildman–Crippen MR) is 149 cm³/mol. The maximum Gasteiger partial charge on any atom is 0.302 e. The molecule has 3 N–H and O–H groups in total. The number of aliphatic imine (C=N–C) groups is 1. The fraction of sp³-hybridized carbons (Fsp3) is 0.897. The fourth-order valence-electron chi connectivity index (χ4n) is 6.26. The molecule has 0 radical (unpaired) electrons. The van der Waals surface area contributed by atoms with Gasteiger partial charge in [-0.1, -0.05) is 41.5 Å². The molecule has 1 amide bonds. The molecule has 6 unspecified atom stereocenters. The second kappa shape index (κ2) is 14.7. The summed E-state index contributed by atoms with van der Waals surface area (Å²) in [5.41, 5.74) is 0. The molecule has 0 aromatic carbocycles. The number of carbonyl (C=O) groups is 2. The number of nitrogens with one attached hydrogen (secondary N) is 1. The number of nitrogens with zero attached hydrogens (tertiary/aromatic N) is 1. The zero-order valence-corrected chi connectivity index (χ0v) is 25.6. The Labute approximate surface area is 243 Å². The van der Waals surface area contributed by atoms with Crippen molar-refractivity contribution in [1.29, 1.82) is 0 Å². The normalized spacial score (nSPS) is 45.1. The zero-order chi connectivity index (χ0) is 30.6. The van der Waals surface area contributed by atoms with Crippen molar-refractivity contribution in [3.8, 4) is 0 Å². The molecule has 0 aromatic heterocycles. The Bertz CT molecular complexity index is 890. The maximum atomic E-state index is 12.3. The minimum absolute atomic E-state index is 0.0806. The van der Waals surface area contributed by atoms with Gasteiger partial charge in [0.2, 0.25) is 5.91 Å². The van der Waals surface area contributed by atoms with E-state index in [2.05, 4.69) is 44.7 Å². The first-order valence-electron chi connectivity index (χ1n) is 14.8. The van der Waals surface area contributed by atoms with Gasteiger partial charge in [0, 0.05) is 25.7 Å². The van der Waals surface area contributed by atoms with E-state index < -0.39 is 67.4 Å². The molecule has 12 heteroatoms. The molecule has 236 valence electrons. The molecule has 0 saturated carbocycles. The van der Waals surface area contributed by atoms with E-state index in [4.69, 9.17) is 28.4 Å². The minimum Gasteiger partial charge on any atom is -0.463 e. The van der Waals surface area contributed by atoms with Crippen molar-refractivity contribution in [2.24, 2.45) is 28.7 Å². The number of esters is 1. The molecular formula is C29H50N2O10. The number of amides is 1. The van der Waals surface area contributed by atoms with Gasteiger partial charge in [-0.3, -0.25) is 14.6 Å². The lowest BCUT2D eigenvalue weighted by atomic mass is 9.78. The molecule has 3 fully saturated rings. The molecule has 3 rings (SSSR count). The molecule has 3 heterocycles. The van der Waals surface area contributed by atoms with Crippen LogP contribution in [0.1, 0.15) is 68.2 Å². The molecule has 3 saturated heterocycles.